The molecule has 0 bridgehead atoms. The van der Waals surface area contributed by atoms with Crippen LogP contribution in [0.1, 0.15) is 35.5 Å². The molecule has 1 atom stereocenters. The van der Waals surface area contributed by atoms with E-state index in [0.29, 0.717) is 0 Å². The Hall–Kier alpha value is -1.75. The molecule has 0 fully saturated rings. The van der Waals surface area contributed by atoms with Crippen LogP contribution in [0.2, 0.25) is 0 Å². The van der Waals surface area contributed by atoms with Gasteiger partial charge in [-0.15, -0.1) is 45.3 Å². The number of aryl methyl sites for hydroxylation is 4. The minimum Gasteiger partial charge on any atom is -0.308 e. The summed E-state index contributed by atoms with van der Waals surface area (Å²) < 4.78 is 18.0. The third-order valence-corrected chi connectivity index (χ3v) is 13.8. The molecule has 0 unspecified atom stereocenters. The molecule has 0 radical (unpaired) electrons. The van der Waals surface area contributed by atoms with E-state index in [2.05, 4.69) is 63.4 Å². The van der Waals surface area contributed by atoms with Crippen LogP contribution in [0.25, 0.3) is 20.3 Å². The van der Waals surface area contributed by atoms with Crippen LogP contribution in [0.3, 0.4) is 0 Å². The number of rotatable bonds is 3. The van der Waals surface area contributed by atoms with Crippen molar-refractivity contribution in [2.24, 2.45) is 0 Å². The highest BCUT2D eigenvalue weighted by atomic mass is 32.1. The van der Waals surface area contributed by atoms with Gasteiger partial charge in [-0.05, 0) is 56.8 Å². The maximum atomic E-state index is 15.6. The van der Waals surface area contributed by atoms with Crippen LogP contribution in [0.15, 0.2) is 53.9 Å². The zero-order valence-electron chi connectivity index (χ0n) is 18.2. The summed E-state index contributed by atoms with van der Waals surface area (Å²) in [4.78, 5) is 6.30. The van der Waals surface area contributed by atoms with Crippen molar-refractivity contribution in [1.29, 1.82) is 0 Å². The molecule has 0 amide bonds. The lowest BCUT2D eigenvalue weighted by Crippen LogP contribution is -2.14. The molecule has 5 heterocycles. The molecule has 0 spiro atoms. The highest BCUT2D eigenvalue weighted by Crippen LogP contribution is 2.69. The van der Waals surface area contributed by atoms with Crippen molar-refractivity contribution >= 4 is 83.4 Å². The van der Waals surface area contributed by atoms with Crippen LogP contribution in [-0.2, 0) is 4.57 Å². The molecule has 0 saturated heterocycles. The summed E-state index contributed by atoms with van der Waals surface area (Å²) in [5, 5.41) is 5.18. The van der Waals surface area contributed by atoms with Crippen molar-refractivity contribution in [1.82, 2.24) is 0 Å². The number of benzene rings is 1. The van der Waals surface area contributed by atoms with Gasteiger partial charge in [0.2, 0.25) is 0 Å². The van der Waals surface area contributed by atoms with Crippen molar-refractivity contribution in [3.8, 4) is 0 Å². The molecule has 160 valence electrons. The Bertz CT molecular complexity index is 1590. The average molecular weight is 509 g/mol. The van der Waals surface area contributed by atoms with Crippen LogP contribution in [0, 0.1) is 27.7 Å². The summed E-state index contributed by atoms with van der Waals surface area (Å²) in [6.45, 7) is 8.69. The maximum absolute atomic E-state index is 15.6. The SMILES string of the molecule is Cc1cc(C2=C(c3cc(C)sc3C)[P@@](=O)(c3ccccc3)c3c2sc2ccsc32)c(C)s1. The Morgan fingerprint density at radius 3 is 2.06 bits per heavy atom. The summed E-state index contributed by atoms with van der Waals surface area (Å²) in [7, 11) is -3.04. The fourth-order valence-corrected chi connectivity index (χ4v) is 13.5. The molecule has 0 aliphatic carbocycles. The predicted molar refractivity (Wildman–Crippen MR) is 147 cm³/mol. The number of hydrogen-bond acceptors (Lipinski definition) is 5. The topological polar surface area (TPSA) is 17.1 Å². The predicted octanol–water partition coefficient (Wildman–Crippen LogP) is 8.56. The van der Waals surface area contributed by atoms with Gasteiger partial charge in [-0.3, -0.25) is 0 Å². The van der Waals surface area contributed by atoms with Crippen molar-refractivity contribution in [2.75, 3.05) is 0 Å². The highest BCUT2D eigenvalue weighted by molar-refractivity contribution is 7.90. The lowest BCUT2D eigenvalue weighted by atomic mass is 10.0. The number of fused-ring (bicyclic) bond motifs is 3. The average Bonchev–Trinajstić information content (AvgIpc) is 3.53. The Morgan fingerprint density at radius 1 is 0.781 bits per heavy atom. The van der Waals surface area contributed by atoms with E-state index in [0.717, 1.165) is 21.5 Å². The zero-order valence-corrected chi connectivity index (χ0v) is 22.3. The van der Waals surface area contributed by atoms with Gasteiger partial charge in [0.05, 0.1) is 10.0 Å². The van der Waals surface area contributed by atoms with E-state index in [4.69, 9.17) is 0 Å². The van der Waals surface area contributed by atoms with Gasteiger partial charge in [-0.1, -0.05) is 30.3 Å². The summed E-state index contributed by atoms with van der Waals surface area (Å²) >= 11 is 7.16. The lowest BCUT2D eigenvalue weighted by molar-refractivity contribution is 0.593. The molecule has 6 rings (SSSR count). The van der Waals surface area contributed by atoms with E-state index < -0.39 is 7.14 Å². The van der Waals surface area contributed by atoms with Crippen LogP contribution in [0.5, 0.6) is 0 Å². The third-order valence-electron chi connectivity index (χ3n) is 6.09. The third kappa shape index (κ3) is 2.82. The van der Waals surface area contributed by atoms with Gasteiger partial charge in [0.25, 0.3) is 0 Å². The van der Waals surface area contributed by atoms with Crippen molar-refractivity contribution in [3.63, 3.8) is 0 Å². The molecular formula is C26H21OPS4. The second-order valence-electron chi connectivity index (χ2n) is 8.22. The van der Waals surface area contributed by atoms with E-state index in [1.807, 2.05) is 40.9 Å². The second-order valence-corrected chi connectivity index (χ2v) is 15.7. The Kier molecular flexibility index (Phi) is 4.80. The van der Waals surface area contributed by atoms with Crippen LogP contribution in [0.4, 0.5) is 0 Å². The quantitative estimate of drug-likeness (QED) is 0.223. The van der Waals surface area contributed by atoms with Gasteiger partial charge in [-0.25, -0.2) is 0 Å². The summed E-state index contributed by atoms with van der Waals surface area (Å²) in [5.41, 5.74) is 3.60. The summed E-state index contributed by atoms with van der Waals surface area (Å²) in [6.07, 6.45) is 0. The minimum atomic E-state index is -3.04. The van der Waals surface area contributed by atoms with Crippen molar-refractivity contribution in [3.05, 3.63) is 89.4 Å². The maximum Gasteiger partial charge on any atom is 0.175 e. The fourth-order valence-electron chi connectivity index (χ4n) is 4.84. The Balaban J connectivity index is 1.83. The van der Waals surface area contributed by atoms with Crippen molar-refractivity contribution in [2.45, 2.75) is 27.7 Å². The molecule has 4 aromatic heterocycles. The fraction of sp³-hybridized carbons (Fsp3) is 0.154. The Morgan fingerprint density at radius 2 is 1.44 bits per heavy atom. The first-order valence-electron chi connectivity index (χ1n) is 10.5. The van der Waals surface area contributed by atoms with Crippen LogP contribution >= 0.6 is 52.5 Å². The number of hydrogen-bond donors (Lipinski definition) is 0. The standard InChI is InChI=1S/C26H21OPS4/c1-14-12-19(16(3)30-14)22-23(20-13-15(2)31-17(20)4)28(27,18-8-6-5-7-9-18)24-25-21(10-11-29-25)32-26(22)24/h5-13H,1-4H3/t28-/m0/s1. The molecule has 32 heavy (non-hydrogen) atoms. The summed E-state index contributed by atoms with van der Waals surface area (Å²) in [5.74, 6) is 0. The molecule has 0 saturated carbocycles. The van der Waals surface area contributed by atoms with Gasteiger partial charge in [-0.2, -0.15) is 0 Å². The first-order chi connectivity index (χ1) is 15.4. The van der Waals surface area contributed by atoms with E-state index in [9.17, 15) is 0 Å². The van der Waals surface area contributed by atoms with E-state index in [-0.39, 0.29) is 0 Å². The van der Waals surface area contributed by atoms with Gasteiger partial charge in [0, 0.05) is 50.8 Å². The molecule has 0 N–H and O–H groups in total. The first kappa shape index (κ1) is 20.8. The van der Waals surface area contributed by atoms with Crippen LogP contribution in [-0.4, -0.2) is 0 Å². The van der Waals surface area contributed by atoms with Crippen LogP contribution < -0.4 is 10.6 Å². The smallest absolute Gasteiger partial charge is 0.175 e. The lowest BCUT2D eigenvalue weighted by Gasteiger charge is -2.19. The summed E-state index contributed by atoms with van der Waals surface area (Å²) in [6, 6.07) is 16.9. The highest BCUT2D eigenvalue weighted by Gasteiger charge is 2.47. The zero-order chi connectivity index (χ0) is 22.2. The molecule has 6 heteroatoms. The Labute approximate surface area is 204 Å². The number of thiophene rings is 4. The van der Waals surface area contributed by atoms with Gasteiger partial charge in [0.1, 0.15) is 0 Å². The van der Waals surface area contributed by atoms with Gasteiger partial charge in [0.15, 0.2) is 7.14 Å². The van der Waals surface area contributed by atoms with Gasteiger partial charge < -0.3 is 4.57 Å². The molecule has 1 aromatic carbocycles. The van der Waals surface area contributed by atoms with E-state index in [1.165, 1.54) is 44.9 Å². The first-order valence-corrected chi connectivity index (χ1v) is 15.5. The van der Waals surface area contributed by atoms with Gasteiger partial charge >= 0.3 is 0 Å². The monoisotopic (exact) mass is 508 g/mol. The molecule has 5 aromatic rings. The molecule has 1 nitrogen and oxygen atoms in total. The minimum absolute atomic E-state index is 0.937. The normalized spacial score (nSPS) is 18.1. The molecular weight excluding hydrogens is 488 g/mol. The van der Waals surface area contributed by atoms with Crippen molar-refractivity contribution < 1.29 is 4.57 Å². The van der Waals surface area contributed by atoms with E-state index in [1.54, 1.807) is 22.7 Å². The van der Waals surface area contributed by atoms with E-state index >= 15 is 4.57 Å². The second kappa shape index (κ2) is 7.38. The molecule has 1 aliphatic heterocycles. The largest absolute Gasteiger partial charge is 0.308 e. The molecule has 1 aliphatic rings.